The summed E-state index contributed by atoms with van der Waals surface area (Å²) in [6.07, 6.45) is 5.39. The second-order valence-electron chi connectivity index (χ2n) is 9.07. The smallest absolute Gasteiger partial charge is 0.261 e. The SMILES string of the molecule is CC(C)Oc1ccc([C@H]2Nc3ccc(S(=O)(=O)Nc4ccc(F)cc4)cc3[C@H]3C=CC[C@H]32)cc1. The molecule has 0 saturated carbocycles. The summed E-state index contributed by atoms with van der Waals surface area (Å²) in [5.41, 5.74) is 3.40. The van der Waals surface area contributed by atoms with Crippen LogP contribution in [0.15, 0.2) is 83.8 Å². The molecule has 0 radical (unpaired) electrons. The minimum absolute atomic E-state index is 0.111. The fraction of sp³-hybridized carbons (Fsp3) is 0.259. The first kappa shape index (κ1) is 22.5. The van der Waals surface area contributed by atoms with Crippen LogP contribution in [-0.2, 0) is 10.0 Å². The first-order valence-electron chi connectivity index (χ1n) is 11.4. The van der Waals surface area contributed by atoms with Gasteiger partial charge in [-0.3, -0.25) is 4.72 Å². The van der Waals surface area contributed by atoms with E-state index in [1.54, 1.807) is 12.1 Å². The molecule has 3 aromatic rings. The Morgan fingerprint density at radius 2 is 1.76 bits per heavy atom. The Kier molecular flexibility index (Phi) is 5.81. The van der Waals surface area contributed by atoms with E-state index in [-0.39, 0.29) is 28.9 Å². The third-order valence-corrected chi connectivity index (χ3v) is 7.73. The molecule has 3 aromatic carbocycles. The molecule has 0 fully saturated rings. The Labute approximate surface area is 199 Å². The Morgan fingerprint density at radius 3 is 2.47 bits per heavy atom. The van der Waals surface area contributed by atoms with Crippen molar-refractivity contribution in [2.24, 2.45) is 5.92 Å². The number of nitrogens with one attached hydrogen (secondary N) is 2. The third-order valence-electron chi connectivity index (χ3n) is 6.35. The lowest BCUT2D eigenvalue weighted by atomic mass is 9.77. The average molecular weight is 479 g/mol. The fourth-order valence-corrected chi connectivity index (χ4v) is 5.92. The van der Waals surface area contributed by atoms with Crippen LogP contribution in [-0.4, -0.2) is 14.5 Å². The van der Waals surface area contributed by atoms with E-state index in [2.05, 4.69) is 34.3 Å². The van der Waals surface area contributed by atoms with Gasteiger partial charge in [0.1, 0.15) is 11.6 Å². The minimum Gasteiger partial charge on any atom is -0.491 e. The summed E-state index contributed by atoms with van der Waals surface area (Å²) < 4.78 is 47.5. The van der Waals surface area contributed by atoms with Crippen LogP contribution in [0, 0.1) is 11.7 Å². The van der Waals surface area contributed by atoms with Crippen LogP contribution in [0.1, 0.15) is 43.4 Å². The van der Waals surface area contributed by atoms with Crippen molar-refractivity contribution in [1.82, 2.24) is 0 Å². The summed E-state index contributed by atoms with van der Waals surface area (Å²) in [4.78, 5) is 0.185. The Morgan fingerprint density at radius 1 is 1.03 bits per heavy atom. The predicted molar refractivity (Wildman–Crippen MR) is 132 cm³/mol. The molecule has 1 aliphatic carbocycles. The van der Waals surface area contributed by atoms with E-state index < -0.39 is 15.8 Å². The summed E-state index contributed by atoms with van der Waals surface area (Å²) in [5.74, 6) is 0.833. The van der Waals surface area contributed by atoms with Crippen molar-refractivity contribution in [2.75, 3.05) is 10.0 Å². The molecule has 0 unspecified atom stereocenters. The van der Waals surface area contributed by atoms with E-state index in [0.717, 1.165) is 23.4 Å². The molecule has 5 nitrogen and oxygen atoms in total. The number of benzene rings is 3. The molecule has 2 aliphatic rings. The normalized spacial score (nSPS) is 21.0. The van der Waals surface area contributed by atoms with Gasteiger partial charge in [-0.1, -0.05) is 24.3 Å². The van der Waals surface area contributed by atoms with E-state index in [9.17, 15) is 12.8 Å². The van der Waals surface area contributed by atoms with Crippen LogP contribution in [0.3, 0.4) is 0 Å². The quantitative estimate of drug-likeness (QED) is 0.412. The van der Waals surface area contributed by atoms with Crippen molar-refractivity contribution in [3.8, 4) is 5.75 Å². The molecular formula is C27H27FN2O3S. The van der Waals surface area contributed by atoms with Crippen molar-refractivity contribution in [3.63, 3.8) is 0 Å². The molecule has 2 N–H and O–H groups in total. The van der Waals surface area contributed by atoms with Crippen LogP contribution in [0.5, 0.6) is 5.75 Å². The maximum absolute atomic E-state index is 13.2. The molecule has 5 rings (SSSR count). The maximum atomic E-state index is 13.2. The topological polar surface area (TPSA) is 67.4 Å². The molecule has 1 heterocycles. The van der Waals surface area contributed by atoms with E-state index in [4.69, 9.17) is 4.74 Å². The molecule has 3 atom stereocenters. The Bertz CT molecular complexity index is 1320. The van der Waals surface area contributed by atoms with Crippen molar-refractivity contribution >= 4 is 21.4 Å². The molecule has 7 heteroatoms. The van der Waals surface area contributed by atoms with E-state index in [1.165, 1.54) is 29.8 Å². The number of ether oxygens (including phenoxy) is 1. The van der Waals surface area contributed by atoms with Gasteiger partial charge in [-0.25, -0.2) is 12.8 Å². The molecule has 0 spiro atoms. The summed E-state index contributed by atoms with van der Waals surface area (Å²) >= 11 is 0. The second-order valence-corrected chi connectivity index (χ2v) is 10.8. The molecule has 0 aromatic heterocycles. The van der Waals surface area contributed by atoms with Crippen LogP contribution < -0.4 is 14.8 Å². The lowest BCUT2D eigenvalue weighted by molar-refractivity contribution is 0.242. The average Bonchev–Trinajstić information content (AvgIpc) is 3.30. The number of hydrogen-bond donors (Lipinski definition) is 2. The van der Waals surface area contributed by atoms with Crippen molar-refractivity contribution in [2.45, 2.75) is 43.2 Å². The van der Waals surface area contributed by atoms with Gasteiger partial charge in [0.05, 0.1) is 17.0 Å². The number of hydrogen-bond acceptors (Lipinski definition) is 4. The first-order valence-corrected chi connectivity index (χ1v) is 12.9. The number of sulfonamides is 1. The third kappa shape index (κ3) is 4.40. The Balaban J connectivity index is 1.43. The van der Waals surface area contributed by atoms with Gasteiger partial charge in [0.25, 0.3) is 10.0 Å². The van der Waals surface area contributed by atoms with Crippen LogP contribution in [0.25, 0.3) is 0 Å². The number of fused-ring (bicyclic) bond motifs is 3. The second kappa shape index (κ2) is 8.80. The summed E-state index contributed by atoms with van der Waals surface area (Å²) in [7, 11) is -3.81. The van der Waals surface area contributed by atoms with Crippen LogP contribution in [0.4, 0.5) is 15.8 Å². The fourth-order valence-electron chi connectivity index (χ4n) is 4.83. The van der Waals surface area contributed by atoms with Gasteiger partial charge in [0, 0.05) is 17.3 Å². The molecule has 0 amide bonds. The highest BCUT2D eigenvalue weighted by Gasteiger charge is 2.38. The van der Waals surface area contributed by atoms with E-state index in [0.29, 0.717) is 5.69 Å². The monoisotopic (exact) mass is 478 g/mol. The first-order chi connectivity index (χ1) is 16.3. The standard InChI is InChI=1S/C27H27FN2O3S/c1-17(2)33-21-12-6-18(7-13-21)27-24-5-3-4-23(24)25-16-22(14-15-26(25)29-27)34(31,32)30-20-10-8-19(28)9-11-20/h3-4,6-17,23-24,27,29-30H,5H2,1-2H3/t23-,24+,27+/m0/s1. The minimum atomic E-state index is -3.81. The zero-order chi connectivity index (χ0) is 23.9. The highest BCUT2D eigenvalue weighted by Crippen LogP contribution is 2.50. The van der Waals surface area contributed by atoms with Crippen molar-refractivity contribution < 1.29 is 17.5 Å². The zero-order valence-corrected chi connectivity index (χ0v) is 19.8. The molecule has 0 bridgehead atoms. The molecule has 0 saturated heterocycles. The van der Waals surface area contributed by atoms with Gasteiger partial charge in [-0.2, -0.15) is 0 Å². The largest absolute Gasteiger partial charge is 0.491 e. The van der Waals surface area contributed by atoms with Gasteiger partial charge in [-0.05, 0) is 91.9 Å². The van der Waals surface area contributed by atoms with Crippen molar-refractivity contribution in [1.29, 1.82) is 0 Å². The lowest BCUT2D eigenvalue weighted by Crippen LogP contribution is -2.29. The van der Waals surface area contributed by atoms with Crippen LogP contribution in [0.2, 0.25) is 0 Å². The highest BCUT2D eigenvalue weighted by atomic mass is 32.2. The molecular weight excluding hydrogens is 451 g/mol. The summed E-state index contributed by atoms with van der Waals surface area (Å²) in [5, 5.41) is 3.64. The highest BCUT2D eigenvalue weighted by molar-refractivity contribution is 7.92. The molecule has 176 valence electrons. The van der Waals surface area contributed by atoms with Gasteiger partial charge in [-0.15, -0.1) is 0 Å². The Hall–Kier alpha value is -3.32. The van der Waals surface area contributed by atoms with E-state index >= 15 is 0 Å². The maximum Gasteiger partial charge on any atom is 0.261 e. The summed E-state index contributed by atoms with van der Waals surface area (Å²) in [6, 6.07) is 18.8. The van der Waals surface area contributed by atoms with Gasteiger partial charge in [0.2, 0.25) is 0 Å². The zero-order valence-electron chi connectivity index (χ0n) is 19.0. The lowest BCUT2D eigenvalue weighted by Gasteiger charge is -2.37. The number of rotatable bonds is 6. The summed E-state index contributed by atoms with van der Waals surface area (Å²) in [6.45, 7) is 4.01. The van der Waals surface area contributed by atoms with Gasteiger partial charge >= 0.3 is 0 Å². The predicted octanol–water partition coefficient (Wildman–Crippen LogP) is 6.24. The number of allylic oxidation sites excluding steroid dienone is 2. The van der Waals surface area contributed by atoms with E-state index in [1.807, 2.05) is 32.0 Å². The number of anilines is 2. The molecule has 1 aliphatic heterocycles. The number of halogens is 1. The van der Waals surface area contributed by atoms with Gasteiger partial charge < -0.3 is 10.1 Å². The van der Waals surface area contributed by atoms with Crippen molar-refractivity contribution in [3.05, 3.63) is 95.8 Å². The molecule has 34 heavy (non-hydrogen) atoms. The van der Waals surface area contributed by atoms with Crippen LogP contribution >= 0.6 is 0 Å². The van der Waals surface area contributed by atoms with Gasteiger partial charge in [0.15, 0.2) is 0 Å².